The summed E-state index contributed by atoms with van der Waals surface area (Å²) in [5, 5.41) is 3.47. The highest BCUT2D eigenvalue weighted by molar-refractivity contribution is 7.98. The summed E-state index contributed by atoms with van der Waals surface area (Å²) in [6.07, 6.45) is 2.17. The summed E-state index contributed by atoms with van der Waals surface area (Å²) in [6, 6.07) is 9.16. The molecule has 0 saturated heterocycles. The van der Waals surface area contributed by atoms with E-state index in [1.807, 2.05) is 11.8 Å². The number of benzene rings is 1. The minimum absolute atomic E-state index is 0.590. The van der Waals surface area contributed by atoms with Gasteiger partial charge in [0.2, 0.25) is 0 Å². The van der Waals surface area contributed by atoms with Gasteiger partial charge in [0.15, 0.2) is 0 Å². The van der Waals surface area contributed by atoms with Crippen LogP contribution in [-0.4, -0.2) is 31.1 Å². The van der Waals surface area contributed by atoms with Gasteiger partial charge in [0, 0.05) is 24.9 Å². The van der Waals surface area contributed by atoms with E-state index >= 15 is 0 Å². The monoisotopic (exact) mass is 222 g/mol. The molecule has 1 aliphatic rings. The molecular weight excluding hydrogens is 204 g/mol. The average molecular weight is 222 g/mol. The van der Waals surface area contributed by atoms with E-state index < -0.39 is 0 Å². The molecule has 1 atom stereocenters. The van der Waals surface area contributed by atoms with Crippen LogP contribution in [0.15, 0.2) is 24.3 Å². The lowest BCUT2D eigenvalue weighted by Gasteiger charge is -2.37. The number of rotatable bonds is 3. The molecule has 1 N–H and O–H groups in total. The molecular formula is C12H18N2S. The van der Waals surface area contributed by atoms with Gasteiger partial charge in [-0.25, -0.2) is 0 Å². The van der Waals surface area contributed by atoms with Crippen LogP contribution in [0.2, 0.25) is 0 Å². The summed E-state index contributed by atoms with van der Waals surface area (Å²) in [5.41, 5.74) is 2.63. The molecule has 0 aliphatic carbocycles. The fourth-order valence-electron chi connectivity index (χ4n) is 2.01. The molecule has 0 saturated carbocycles. The standard InChI is InChI=1S/C12H18N2S/c1-10-9-13-11-5-3-4-6-12(11)14(10)7-8-15-2/h3-6,10,13H,7-9H2,1-2H3. The van der Waals surface area contributed by atoms with Crippen molar-refractivity contribution in [1.82, 2.24) is 0 Å². The number of hydrogen-bond donors (Lipinski definition) is 1. The molecule has 0 radical (unpaired) electrons. The molecule has 0 fully saturated rings. The van der Waals surface area contributed by atoms with E-state index in [1.54, 1.807) is 0 Å². The van der Waals surface area contributed by atoms with Crippen molar-refractivity contribution >= 4 is 23.1 Å². The molecule has 2 nitrogen and oxygen atoms in total. The van der Waals surface area contributed by atoms with E-state index in [-0.39, 0.29) is 0 Å². The fraction of sp³-hybridized carbons (Fsp3) is 0.500. The second kappa shape index (κ2) is 4.79. The molecule has 3 heteroatoms. The number of fused-ring (bicyclic) bond motifs is 1. The lowest BCUT2D eigenvalue weighted by molar-refractivity contribution is 0.662. The van der Waals surface area contributed by atoms with E-state index in [0.717, 1.165) is 13.1 Å². The second-order valence-electron chi connectivity index (χ2n) is 3.93. The van der Waals surface area contributed by atoms with Gasteiger partial charge in [-0.05, 0) is 25.3 Å². The molecule has 0 amide bonds. The first-order valence-electron chi connectivity index (χ1n) is 5.41. The van der Waals surface area contributed by atoms with Crippen LogP contribution in [0.25, 0.3) is 0 Å². The Morgan fingerprint density at radius 1 is 1.47 bits per heavy atom. The number of nitrogens with zero attached hydrogens (tertiary/aromatic N) is 1. The summed E-state index contributed by atoms with van der Waals surface area (Å²) < 4.78 is 0. The van der Waals surface area contributed by atoms with Crippen molar-refractivity contribution in [2.24, 2.45) is 0 Å². The van der Waals surface area contributed by atoms with Crippen LogP contribution in [0.5, 0.6) is 0 Å². The van der Waals surface area contributed by atoms with Gasteiger partial charge in [-0.2, -0.15) is 11.8 Å². The summed E-state index contributed by atoms with van der Waals surface area (Å²) >= 11 is 1.91. The van der Waals surface area contributed by atoms with E-state index in [1.165, 1.54) is 17.1 Å². The molecule has 0 aromatic heterocycles. The van der Waals surface area contributed by atoms with Crippen molar-refractivity contribution in [2.45, 2.75) is 13.0 Å². The van der Waals surface area contributed by atoms with Crippen molar-refractivity contribution in [3.8, 4) is 0 Å². The number of hydrogen-bond acceptors (Lipinski definition) is 3. The Morgan fingerprint density at radius 2 is 2.27 bits per heavy atom. The predicted molar refractivity (Wildman–Crippen MR) is 70.1 cm³/mol. The van der Waals surface area contributed by atoms with Crippen molar-refractivity contribution in [2.75, 3.05) is 35.3 Å². The Bertz CT molecular complexity index is 327. The number of thioether (sulfide) groups is 1. The molecule has 1 aromatic carbocycles. The Hall–Kier alpha value is -0.830. The van der Waals surface area contributed by atoms with Crippen LogP contribution in [0.3, 0.4) is 0 Å². The van der Waals surface area contributed by atoms with Gasteiger partial charge in [0.25, 0.3) is 0 Å². The van der Waals surface area contributed by atoms with E-state index in [4.69, 9.17) is 0 Å². The zero-order valence-corrected chi connectivity index (χ0v) is 10.2. The van der Waals surface area contributed by atoms with Gasteiger partial charge in [0.1, 0.15) is 0 Å². The topological polar surface area (TPSA) is 15.3 Å². The van der Waals surface area contributed by atoms with Crippen molar-refractivity contribution in [3.05, 3.63) is 24.3 Å². The maximum absolute atomic E-state index is 3.47. The van der Waals surface area contributed by atoms with Crippen LogP contribution in [0.4, 0.5) is 11.4 Å². The van der Waals surface area contributed by atoms with Crippen molar-refractivity contribution in [1.29, 1.82) is 0 Å². The van der Waals surface area contributed by atoms with Crippen LogP contribution in [0, 0.1) is 0 Å². The zero-order chi connectivity index (χ0) is 10.7. The molecule has 1 heterocycles. The van der Waals surface area contributed by atoms with Gasteiger partial charge < -0.3 is 10.2 Å². The summed E-state index contributed by atoms with van der Waals surface area (Å²) in [7, 11) is 0. The smallest absolute Gasteiger partial charge is 0.0605 e. The van der Waals surface area contributed by atoms with Crippen LogP contribution >= 0.6 is 11.8 Å². The predicted octanol–water partition coefficient (Wildman–Crippen LogP) is 2.67. The van der Waals surface area contributed by atoms with Gasteiger partial charge in [-0.1, -0.05) is 12.1 Å². The summed E-state index contributed by atoms with van der Waals surface area (Å²) in [4.78, 5) is 2.50. The first-order valence-corrected chi connectivity index (χ1v) is 6.81. The molecule has 2 rings (SSSR count). The SMILES string of the molecule is CSCCN1c2ccccc2NCC1C. The van der Waals surface area contributed by atoms with Crippen LogP contribution < -0.4 is 10.2 Å². The lowest BCUT2D eigenvalue weighted by atomic mass is 10.1. The minimum Gasteiger partial charge on any atom is -0.381 e. The molecule has 1 aromatic rings. The molecule has 1 unspecified atom stereocenters. The lowest BCUT2D eigenvalue weighted by Crippen LogP contribution is -2.43. The van der Waals surface area contributed by atoms with Gasteiger partial charge in [-0.15, -0.1) is 0 Å². The van der Waals surface area contributed by atoms with E-state index in [0.29, 0.717) is 6.04 Å². The third-order valence-electron chi connectivity index (χ3n) is 2.87. The maximum atomic E-state index is 3.47. The highest BCUT2D eigenvalue weighted by atomic mass is 32.2. The summed E-state index contributed by atoms with van der Waals surface area (Å²) in [5.74, 6) is 1.19. The Kier molecular flexibility index (Phi) is 3.41. The molecule has 0 bridgehead atoms. The normalized spacial score (nSPS) is 19.6. The summed E-state index contributed by atoms with van der Waals surface area (Å²) in [6.45, 7) is 4.47. The third kappa shape index (κ3) is 2.23. The van der Waals surface area contributed by atoms with Crippen molar-refractivity contribution < 1.29 is 0 Å². The van der Waals surface area contributed by atoms with Crippen LogP contribution in [-0.2, 0) is 0 Å². The van der Waals surface area contributed by atoms with Gasteiger partial charge >= 0.3 is 0 Å². The Labute approximate surface area is 96.0 Å². The molecule has 0 spiro atoms. The number of para-hydroxylation sites is 2. The molecule has 15 heavy (non-hydrogen) atoms. The number of nitrogens with one attached hydrogen (secondary N) is 1. The Balaban J connectivity index is 2.21. The average Bonchev–Trinajstić information content (AvgIpc) is 2.28. The largest absolute Gasteiger partial charge is 0.381 e. The zero-order valence-electron chi connectivity index (χ0n) is 9.36. The molecule has 82 valence electrons. The van der Waals surface area contributed by atoms with Gasteiger partial charge in [-0.3, -0.25) is 0 Å². The Morgan fingerprint density at radius 3 is 3.07 bits per heavy atom. The second-order valence-corrected chi connectivity index (χ2v) is 4.92. The first kappa shape index (κ1) is 10.7. The number of anilines is 2. The fourth-order valence-corrected chi connectivity index (χ4v) is 2.39. The third-order valence-corrected chi connectivity index (χ3v) is 3.46. The van der Waals surface area contributed by atoms with E-state index in [9.17, 15) is 0 Å². The van der Waals surface area contributed by atoms with Crippen molar-refractivity contribution in [3.63, 3.8) is 0 Å². The van der Waals surface area contributed by atoms with Gasteiger partial charge in [0.05, 0.1) is 11.4 Å². The molecule has 1 aliphatic heterocycles. The van der Waals surface area contributed by atoms with E-state index in [2.05, 4.69) is 47.7 Å². The maximum Gasteiger partial charge on any atom is 0.0605 e. The quantitative estimate of drug-likeness (QED) is 0.846. The highest BCUT2D eigenvalue weighted by Crippen LogP contribution is 2.30. The highest BCUT2D eigenvalue weighted by Gasteiger charge is 2.21. The van der Waals surface area contributed by atoms with Crippen LogP contribution in [0.1, 0.15) is 6.92 Å². The minimum atomic E-state index is 0.590. The first-order chi connectivity index (χ1) is 7.33.